The van der Waals surface area contributed by atoms with E-state index in [-0.39, 0.29) is 12.5 Å². The van der Waals surface area contributed by atoms with Gasteiger partial charge in [0.2, 0.25) is 11.8 Å². The first-order valence-electron chi connectivity index (χ1n) is 8.24. The molecule has 0 saturated carbocycles. The number of nitrogens with zero attached hydrogens (tertiary/aromatic N) is 1. The van der Waals surface area contributed by atoms with Crippen molar-refractivity contribution in [1.29, 1.82) is 0 Å². The largest absolute Gasteiger partial charge is 0.493 e. The van der Waals surface area contributed by atoms with E-state index in [1.807, 2.05) is 0 Å². The van der Waals surface area contributed by atoms with E-state index in [9.17, 15) is 14.0 Å². The van der Waals surface area contributed by atoms with Crippen molar-refractivity contribution in [2.24, 2.45) is 0 Å². The van der Waals surface area contributed by atoms with E-state index >= 15 is 0 Å². The third-order valence-corrected chi connectivity index (χ3v) is 4.02. The topological polar surface area (TPSA) is 67.9 Å². The first kappa shape index (κ1) is 21.2. The molecular weight excluding hydrogens is 387 g/mol. The van der Waals surface area contributed by atoms with Gasteiger partial charge in [0.1, 0.15) is 5.82 Å². The monoisotopic (exact) mass is 406 g/mol. The van der Waals surface area contributed by atoms with Crippen LogP contribution >= 0.6 is 11.6 Å². The zero-order valence-corrected chi connectivity index (χ0v) is 16.4. The molecule has 0 aliphatic heterocycles. The molecular formula is C20H20ClFN2O4. The lowest BCUT2D eigenvalue weighted by Crippen LogP contribution is -2.33. The van der Waals surface area contributed by atoms with Crippen LogP contribution in [0.25, 0.3) is 6.08 Å². The van der Waals surface area contributed by atoms with Gasteiger partial charge in [-0.05, 0) is 42.0 Å². The number of halogens is 2. The normalized spacial score (nSPS) is 10.6. The summed E-state index contributed by atoms with van der Waals surface area (Å²) < 4.78 is 23.5. The highest BCUT2D eigenvalue weighted by Gasteiger charge is 2.12. The van der Waals surface area contributed by atoms with Crippen molar-refractivity contribution in [3.05, 3.63) is 58.9 Å². The van der Waals surface area contributed by atoms with Crippen LogP contribution in [0, 0.1) is 5.82 Å². The van der Waals surface area contributed by atoms with E-state index in [0.29, 0.717) is 27.8 Å². The molecule has 2 rings (SSSR count). The maximum Gasteiger partial charge on any atom is 0.246 e. The minimum Gasteiger partial charge on any atom is -0.493 e. The summed E-state index contributed by atoms with van der Waals surface area (Å²) in [7, 11) is 4.45. The standard InChI is InChI=1S/C20H20ClFN2O4/c1-24(12-18(25)23-15-6-4-5-14(22)11-15)19(26)8-7-13-9-16(21)20(28-3)17(10-13)27-2/h4-11H,12H2,1-3H3,(H,23,25)/b8-7+. The van der Waals surface area contributed by atoms with Crippen LogP contribution in [0.3, 0.4) is 0 Å². The van der Waals surface area contributed by atoms with Gasteiger partial charge in [0, 0.05) is 18.8 Å². The van der Waals surface area contributed by atoms with Gasteiger partial charge in [-0.1, -0.05) is 17.7 Å². The van der Waals surface area contributed by atoms with Crippen molar-refractivity contribution in [2.45, 2.75) is 0 Å². The van der Waals surface area contributed by atoms with Crippen molar-refractivity contribution >= 4 is 35.2 Å². The Morgan fingerprint density at radius 1 is 1.21 bits per heavy atom. The molecule has 0 spiro atoms. The average Bonchev–Trinajstić information content (AvgIpc) is 2.65. The molecule has 0 aliphatic carbocycles. The highest BCUT2D eigenvalue weighted by Crippen LogP contribution is 2.36. The lowest BCUT2D eigenvalue weighted by atomic mass is 10.2. The van der Waals surface area contributed by atoms with Gasteiger partial charge in [0.05, 0.1) is 25.8 Å². The van der Waals surface area contributed by atoms with Crippen molar-refractivity contribution < 1.29 is 23.5 Å². The molecule has 0 unspecified atom stereocenters. The summed E-state index contributed by atoms with van der Waals surface area (Å²) in [6.07, 6.45) is 2.87. The highest BCUT2D eigenvalue weighted by molar-refractivity contribution is 6.32. The van der Waals surface area contributed by atoms with Crippen LogP contribution in [0.15, 0.2) is 42.5 Å². The van der Waals surface area contributed by atoms with Crippen molar-refractivity contribution in [3.8, 4) is 11.5 Å². The number of anilines is 1. The van der Waals surface area contributed by atoms with E-state index in [1.165, 1.54) is 50.4 Å². The fraction of sp³-hybridized carbons (Fsp3) is 0.200. The molecule has 0 fully saturated rings. The fourth-order valence-electron chi connectivity index (χ4n) is 2.39. The summed E-state index contributed by atoms with van der Waals surface area (Å²) in [6.45, 7) is -0.188. The number of carbonyl (C=O) groups is 2. The van der Waals surface area contributed by atoms with Crippen LogP contribution in [-0.2, 0) is 9.59 Å². The molecule has 1 N–H and O–H groups in total. The Bertz CT molecular complexity index is 902. The van der Waals surface area contributed by atoms with Gasteiger partial charge in [-0.2, -0.15) is 0 Å². The summed E-state index contributed by atoms with van der Waals surface area (Å²) in [6, 6.07) is 8.81. The summed E-state index contributed by atoms with van der Waals surface area (Å²) >= 11 is 6.13. The van der Waals surface area contributed by atoms with Crippen molar-refractivity contribution in [2.75, 3.05) is 33.1 Å². The Kier molecular flexibility index (Phi) is 7.40. The molecule has 0 heterocycles. The third kappa shape index (κ3) is 5.72. The number of hydrogen-bond acceptors (Lipinski definition) is 4. The third-order valence-electron chi connectivity index (χ3n) is 3.74. The van der Waals surface area contributed by atoms with Gasteiger partial charge in [-0.25, -0.2) is 4.39 Å². The molecule has 8 heteroatoms. The van der Waals surface area contributed by atoms with Gasteiger partial charge in [-0.15, -0.1) is 0 Å². The quantitative estimate of drug-likeness (QED) is 0.713. The second kappa shape index (κ2) is 9.75. The smallest absolute Gasteiger partial charge is 0.246 e. The lowest BCUT2D eigenvalue weighted by molar-refractivity contribution is -0.129. The highest BCUT2D eigenvalue weighted by atomic mass is 35.5. The van der Waals surface area contributed by atoms with E-state index < -0.39 is 11.7 Å². The average molecular weight is 407 g/mol. The van der Waals surface area contributed by atoms with Crippen molar-refractivity contribution in [3.63, 3.8) is 0 Å². The van der Waals surface area contributed by atoms with Crippen LogP contribution in [0.2, 0.25) is 5.02 Å². The number of likely N-dealkylation sites (N-methyl/N-ethyl adjacent to an activating group) is 1. The predicted molar refractivity (Wildman–Crippen MR) is 106 cm³/mol. The SMILES string of the molecule is COc1cc(/C=C/C(=O)N(C)CC(=O)Nc2cccc(F)c2)cc(Cl)c1OC. The second-order valence-corrected chi connectivity index (χ2v) is 6.23. The Labute approximate surface area is 167 Å². The maximum absolute atomic E-state index is 13.1. The molecule has 28 heavy (non-hydrogen) atoms. The number of benzene rings is 2. The predicted octanol–water partition coefficient (Wildman–Crippen LogP) is 3.61. The summed E-state index contributed by atoms with van der Waals surface area (Å²) in [4.78, 5) is 25.5. The molecule has 0 aliphatic rings. The molecule has 6 nitrogen and oxygen atoms in total. The van der Waals surface area contributed by atoms with Gasteiger partial charge in [-0.3, -0.25) is 9.59 Å². The molecule has 0 radical (unpaired) electrons. The number of carbonyl (C=O) groups excluding carboxylic acids is 2. The second-order valence-electron chi connectivity index (χ2n) is 5.82. The van der Waals surface area contributed by atoms with Gasteiger partial charge >= 0.3 is 0 Å². The molecule has 0 aromatic heterocycles. The number of rotatable bonds is 7. The Morgan fingerprint density at radius 2 is 1.96 bits per heavy atom. The van der Waals surface area contributed by atoms with Crippen molar-refractivity contribution in [1.82, 2.24) is 4.90 Å². The molecule has 2 aromatic rings. The van der Waals surface area contributed by atoms with Crippen LogP contribution in [0.4, 0.5) is 10.1 Å². The minimum atomic E-state index is -0.459. The lowest BCUT2D eigenvalue weighted by Gasteiger charge is -2.15. The zero-order valence-electron chi connectivity index (χ0n) is 15.7. The summed E-state index contributed by atoms with van der Waals surface area (Å²) in [5.74, 6) is -0.452. The molecule has 0 saturated heterocycles. The molecule has 0 atom stereocenters. The van der Waals surface area contributed by atoms with Gasteiger partial charge in [0.25, 0.3) is 0 Å². The van der Waals surface area contributed by atoms with Crippen LogP contribution < -0.4 is 14.8 Å². The first-order chi connectivity index (χ1) is 13.3. The molecule has 2 amide bonds. The van der Waals surface area contributed by atoms with E-state index in [1.54, 1.807) is 24.3 Å². The van der Waals surface area contributed by atoms with E-state index in [2.05, 4.69) is 5.32 Å². The van der Waals surface area contributed by atoms with E-state index in [0.717, 1.165) is 0 Å². The number of ether oxygens (including phenoxy) is 2. The Morgan fingerprint density at radius 3 is 2.61 bits per heavy atom. The molecule has 0 bridgehead atoms. The van der Waals surface area contributed by atoms with E-state index in [4.69, 9.17) is 21.1 Å². The zero-order chi connectivity index (χ0) is 20.7. The van der Waals surface area contributed by atoms with Gasteiger partial charge in [0.15, 0.2) is 11.5 Å². The maximum atomic E-state index is 13.1. The minimum absolute atomic E-state index is 0.188. The number of amides is 2. The van der Waals surface area contributed by atoms with Crippen LogP contribution in [0.1, 0.15) is 5.56 Å². The Balaban J connectivity index is 1.99. The summed E-state index contributed by atoms with van der Waals surface area (Å²) in [5, 5.41) is 2.88. The Hall–Kier alpha value is -3.06. The molecule has 148 valence electrons. The number of nitrogens with one attached hydrogen (secondary N) is 1. The first-order valence-corrected chi connectivity index (χ1v) is 8.62. The van der Waals surface area contributed by atoms with Crippen LogP contribution in [0.5, 0.6) is 11.5 Å². The van der Waals surface area contributed by atoms with Crippen LogP contribution in [-0.4, -0.2) is 44.5 Å². The number of methoxy groups -OCH3 is 2. The fourth-order valence-corrected chi connectivity index (χ4v) is 2.69. The summed E-state index contributed by atoms with van der Waals surface area (Å²) in [5.41, 5.74) is 0.954. The number of hydrogen-bond donors (Lipinski definition) is 1. The van der Waals surface area contributed by atoms with Gasteiger partial charge < -0.3 is 19.7 Å². The molecule has 2 aromatic carbocycles.